The van der Waals surface area contributed by atoms with Gasteiger partial charge in [-0.3, -0.25) is 0 Å². The molecule has 16 heavy (non-hydrogen) atoms. The van der Waals surface area contributed by atoms with Gasteiger partial charge in [-0.2, -0.15) is 0 Å². The van der Waals surface area contributed by atoms with Crippen LogP contribution < -0.4 is 5.73 Å². The van der Waals surface area contributed by atoms with Crippen molar-refractivity contribution in [1.82, 2.24) is 0 Å². The minimum Gasteiger partial charge on any atom is -0.398 e. The first-order valence-corrected chi connectivity index (χ1v) is 5.43. The van der Waals surface area contributed by atoms with Crippen LogP contribution in [0.25, 0.3) is 11.6 Å². The Kier molecular flexibility index (Phi) is 4.12. The molecule has 0 bridgehead atoms. The molecule has 0 saturated carbocycles. The minimum absolute atomic E-state index is 0.844. The van der Waals surface area contributed by atoms with Gasteiger partial charge in [0.25, 0.3) is 0 Å². The van der Waals surface area contributed by atoms with Crippen LogP contribution in [0.2, 0.25) is 0 Å². The van der Waals surface area contributed by atoms with Gasteiger partial charge in [0, 0.05) is 5.69 Å². The summed E-state index contributed by atoms with van der Waals surface area (Å²) in [6.45, 7) is 9.85. The SMILES string of the molecule is C=C/C=C\c1ccc(/C(C)=C\C)c(C)c1N. The van der Waals surface area contributed by atoms with E-state index in [1.165, 1.54) is 11.1 Å². The van der Waals surface area contributed by atoms with Crippen LogP contribution in [0.15, 0.2) is 36.9 Å². The quantitative estimate of drug-likeness (QED) is 0.591. The molecule has 0 saturated heterocycles. The van der Waals surface area contributed by atoms with Gasteiger partial charge in [0.15, 0.2) is 0 Å². The van der Waals surface area contributed by atoms with Crippen molar-refractivity contribution < 1.29 is 0 Å². The summed E-state index contributed by atoms with van der Waals surface area (Å²) >= 11 is 0. The molecule has 0 amide bonds. The Morgan fingerprint density at radius 1 is 1.38 bits per heavy atom. The Bertz CT molecular complexity index is 451. The van der Waals surface area contributed by atoms with E-state index in [2.05, 4.69) is 32.6 Å². The molecule has 0 aromatic heterocycles. The molecule has 0 spiro atoms. The maximum Gasteiger partial charge on any atom is 0.0423 e. The van der Waals surface area contributed by atoms with Crippen molar-refractivity contribution in [3.8, 4) is 0 Å². The van der Waals surface area contributed by atoms with Gasteiger partial charge in [-0.1, -0.05) is 43.0 Å². The Morgan fingerprint density at radius 2 is 2.06 bits per heavy atom. The smallest absolute Gasteiger partial charge is 0.0423 e. The maximum absolute atomic E-state index is 6.10. The highest BCUT2D eigenvalue weighted by molar-refractivity contribution is 5.77. The van der Waals surface area contributed by atoms with Gasteiger partial charge in [-0.25, -0.2) is 0 Å². The van der Waals surface area contributed by atoms with E-state index in [1.54, 1.807) is 6.08 Å². The molecule has 0 aliphatic rings. The normalized spacial score (nSPS) is 12.1. The van der Waals surface area contributed by atoms with Crippen LogP contribution in [0.3, 0.4) is 0 Å². The molecule has 0 aliphatic carbocycles. The average molecular weight is 213 g/mol. The summed E-state index contributed by atoms with van der Waals surface area (Å²) in [5, 5.41) is 0. The van der Waals surface area contributed by atoms with Crippen LogP contribution in [-0.2, 0) is 0 Å². The predicted octanol–water partition coefficient (Wildman–Crippen LogP) is 4.20. The third-order valence-corrected chi connectivity index (χ3v) is 2.82. The fraction of sp³-hybridized carbons (Fsp3) is 0.200. The van der Waals surface area contributed by atoms with Crippen molar-refractivity contribution in [1.29, 1.82) is 0 Å². The van der Waals surface area contributed by atoms with Crippen LogP contribution in [0.5, 0.6) is 0 Å². The molecule has 0 heterocycles. The average Bonchev–Trinajstić information content (AvgIpc) is 2.30. The molecular formula is C15H19N. The highest BCUT2D eigenvalue weighted by Gasteiger charge is 2.05. The lowest BCUT2D eigenvalue weighted by molar-refractivity contribution is 1.39. The second kappa shape index (κ2) is 5.36. The predicted molar refractivity (Wildman–Crippen MR) is 74.1 cm³/mol. The lowest BCUT2D eigenvalue weighted by Gasteiger charge is -2.11. The zero-order valence-electron chi connectivity index (χ0n) is 10.2. The van der Waals surface area contributed by atoms with Gasteiger partial charge < -0.3 is 5.73 Å². The van der Waals surface area contributed by atoms with E-state index in [1.807, 2.05) is 25.1 Å². The lowest BCUT2D eigenvalue weighted by Crippen LogP contribution is -1.97. The Labute approximate surface area is 98.0 Å². The van der Waals surface area contributed by atoms with Gasteiger partial charge in [0.05, 0.1) is 0 Å². The standard InChI is InChI=1S/C15H19N/c1-5-7-8-13-9-10-14(11(3)6-2)12(4)15(13)16/h5-10H,1,16H2,2-4H3/b8-7-,11-6-. The van der Waals surface area contributed by atoms with Crippen molar-refractivity contribution in [2.75, 3.05) is 5.73 Å². The van der Waals surface area contributed by atoms with Crippen LogP contribution in [0.1, 0.15) is 30.5 Å². The Balaban J connectivity index is 3.28. The fourth-order valence-electron chi connectivity index (χ4n) is 1.65. The van der Waals surface area contributed by atoms with E-state index in [9.17, 15) is 0 Å². The van der Waals surface area contributed by atoms with Crippen molar-refractivity contribution in [3.05, 3.63) is 53.6 Å². The van der Waals surface area contributed by atoms with Crippen molar-refractivity contribution in [2.24, 2.45) is 0 Å². The summed E-state index contributed by atoms with van der Waals surface area (Å²) in [6, 6.07) is 4.16. The highest BCUT2D eigenvalue weighted by atomic mass is 14.6. The van der Waals surface area contributed by atoms with Gasteiger partial charge in [0.1, 0.15) is 0 Å². The largest absolute Gasteiger partial charge is 0.398 e. The van der Waals surface area contributed by atoms with Crippen LogP contribution >= 0.6 is 0 Å². The minimum atomic E-state index is 0.844. The number of allylic oxidation sites excluding steroid dienone is 4. The zero-order chi connectivity index (χ0) is 12.1. The second-order valence-electron chi connectivity index (χ2n) is 3.81. The molecule has 84 valence electrons. The van der Waals surface area contributed by atoms with E-state index in [4.69, 9.17) is 5.73 Å². The number of nitrogens with two attached hydrogens (primary N) is 1. The van der Waals surface area contributed by atoms with E-state index in [0.717, 1.165) is 16.8 Å². The summed E-state index contributed by atoms with van der Waals surface area (Å²) in [6.07, 6.45) is 7.72. The number of rotatable bonds is 3. The summed E-state index contributed by atoms with van der Waals surface area (Å²) in [5.74, 6) is 0. The van der Waals surface area contributed by atoms with Gasteiger partial charge in [0.2, 0.25) is 0 Å². The molecule has 0 atom stereocenters. The maximum atomic E-state index is 6.10. The zero-order valence-corrected chi connectivity index (χ0v) is 10.2. The summed E-state index contributed by atoms with van der Waals surface area (Å²) in [5.41, 5.74) is 11.6. The molecular weight excluding hydrogens is 194 g/mol. The van der Waals surface area contributed by atoms with Gasteiger partial charge in [-0.15, -0.1) is 0 Å². The third kappa shape index (κ3) is 2.43. The first kappa shape index (κ1) is 12.3. The molecule has 0 fully saturated rings. The number of anilines is 1. The lowest BCUT2D eigenvalue weighted by atomic mass is 9.97. The number of hydrogen-bond acceptors (Lipinski definition) is 1. The van der Waals surface area contributed by atoms with Crippen molar-refractivity contribution in [3.63, 3.8) is 0 Å². The second-order valence-corrected chi connectivity index (χ2v) is 3.81. The molecule has 1 nitrogen and oxygen atoms in total. The topological polar surface area (TPSA) is 26.0 Å². The third-order valence-electron chi connectivity index (χ3n) is 2.82. The van der Waals surface area contributed by atoms with E-state index in [-0.39, 0.29) is 0 Å². The Hall–Kier alpha value is -1.76. The molecule has 2 N–H and O–H groups in total. The van der Waals surface area contributed by atoms with E-state index >= 15 is 0 Å². The Morgan fingerprint density at radius 3 is 2.62 bits per heavy atom. The van der Waals surface area contributed by atoms with Gasteiger partial charge >= 0.3 is 0 Å². The van der Waals surface area contributed by atoms with E-state index in [0.29, 0.717) is 0 Å². The molecule has 0 radical (unpaired) electrons. The first-order valence-electron chi connectivity index (χ1n) is 5.43. The van der Waals surface area contributed by atoms with Crippen molar-refractivity contribution in [2.45, 2.75) is 20.8 Å². The number of nitrogen functional groups attached to an aromatic ring is 1. The molecule has 0 aliphatic heterocycles. The molecule has 0 unspecified atom stereocenters. The van der Waals surface area contributed by atoms with Crippen molar-refractivity contribution >= 4 is 17.3 Å². The molecule has 1 rings (SSSR count). The monoisotopic (exact) mass is 213 g/mol. The van der Waals surface area contributed by atoms with E-state index < -0.39 is 0 Å². The first-order chi connectivity index (χ1) is 7.61. The van der Waals surface area contributed by atoms with Crippen LogP contribution in [-0.4, -0.2) is 0 Å². The molecule has 1 aromatic carbocycles. The number of hydrogen-bond donors (Lipinski definition) is 1. The van der Waals surface area contributed by atoms with Crippen LogP contribution in [0.4, 0.5) is 5.69 Å². The molecule has 1 aromatic rings. The highest BCUT2D eigenvalue weighted by Crippen LogP contribution is 2.27. The van der Waals surface area contributed by atoms with Crippen LogP contribution in [0, 0.1) is 6.92 Å². The number of benzene rings is 1. The molecule has 1 heteroatoms. The fourth-order valence-corrected chi connectivity index (χ4v) is 1.65. The summed E-state index contributed by atoms with van der Waals surface area (Å²) < 4.78 is 0. The van der Waals surface area contributed by atoms with Gasteiger partial charge in [-0.05, 0) is 43.0 Å². The summed E-state index contributed by atoms with van der Waals surface area (Å²) in [7, 11) is 0. The summed E-state index contributed by atoms with van der Waals surface area (Å²) in [4.78, 5) is 0.